The molecule has 1 atom stereocenters. The van der Waals surface area contributed by atoms with Crippen molar-refractivity contribution < 1.29 is 14.4 Å². The van der Waals surface area contributed by atoms with Crippen LogP contribution in [0.25, 0.3) is 0 Å². The standard InChI is InChI=1S/C28H41N5O3/c1-30(2)28(22-10-4-3-5-11-22)15-13-27(14-16-28)20-31(26(36)33(27)18-21-8-6-9-21)19-24(34)32-17-7-12-23(32)25(29)35/h3-5,10-11,21,23H,6-9,12-20H2,1-2H3,(H2,29,35)/t23-,27?,28?/m0/s1. The van der Waals surface area contributed by atoms with Crippen LogP contribution in [0.1, 0.15) is 63.4 Å². The van der Waals surface area contributed by atoms with Crippen molar-refractivity contribution in [1.82, 2.24) is 19.6 Å². The van der Waals surface area contributed by atoms with Gasteiger partial charge in [-0.2, -0.15) is 0 Å². The second-order valence-corrected chi connectivity index (χ2v) is 11.7. The van der Waals surface area contributed by atoms with E-state index < -0.39 is 11.9 Å². The van der Waals surface area contributed by atoms with Gasteiger partial charge in [-0.25, -0.2) is 4.79 Å². The topological polar surface area (TPSA) is 90.2 Å². The molecule has 2 saturated heterocycles. The fourth-order valence-corrected chi connectivity index (χ4v) is 7.13. The van der Waals surface area contributed by atoms with Gasteiger partial charge in [-0.1, -0.05) is 36.8 Å². The number of carbonyl (C=O) groups is 3. The van der Waals surface area contributed by atoms with Crippen LogP contribution in [0.2, 0.25) is 0 Å². The molecular formula is C28H41N5O3. The Morgan fingerprint density at radius 1 is 1.03 bits per heavy atom. The van der Waals surface area contributed by atoms with Gasteiger partial charge in [0.15, 0.2) is 0 Å². The molecule has 1 aromatic rings. The maximum Gasteiger partial charge on any atom is 0.321 e. The summed E-state index contributed by atoms with van der Waals surface area (Å²) in [5.74, 6) is -0.0492. The summed E-state index contributed by atoms with van der Waals surface area (Å²) in [5.41, 5.74) is 6.58. The molecule has 0 bridgehead atoms. The van der Waals surface area contributed by atoms with Crippen molar-refractivity contribution in [2.75, 3.05) is 40.3 Å². The van der Waals surface area contributed by atoms with Crippen molar-refractivity contribution in [1.29, 1.82) is 0 Å². The Hall–Kier alpha value is -2.61. The molecule has 4 amide bonds. The molecular weight excluding hydrogens is 454 g/mol. The number of amides is 4. The third-order valence-corrected chi connectivity index (χ3v) is 9.63. The molecule has 0 aromatic heterocycles. The second kappa shape index (κ2) is 9.69. The van der Waals surface area contributed by atoms with Crippen LogP contribution in [-0.2, 0) is 15.1 Å². The molecule has 2 saturated carbocycles. The first-order chi connectivity index (χ1) is 17.3. The van der Waals surface area contributed by atoms with E-state index in [1.54, 1.807) is 9.80 Å². The van der Waals surface area contributed by atoms with E-state index in [9.17, 15) is 14.4 Å². The van der Waals surface area contributed by atoms with Crippen LogP contribution in [0.3, 0.4) is 0 Å². The molecule has 1 spiro atoms. The molecule has 8 nitrogen and oxygen atoms in total. The first-order valence-corrected chi connectivity index (χ1v) is 13.6. The van der Waals surface area contributed by atoms with Gasteiger partial charge in [0.1, 0.15) is 12.6 Å². The highest BCUT2D eigenvalue weighted by atomic mass is 16.2. The van der Waals surface area contributed by atoms with Crippen molar-refractivity contribution in [2.45, 2.75) is 74.9 Å². The van der Waals surface area contributed by atoms with E-state index in [0.717, 1.165) is 38.6 Å². The molecule has 8 heteroatoms. The Balaban J connectivity index is 1.36. The maximum atomic E-state index is 13.8. The van der Waals surface area contributed by atoms with E-state index in [0.29, 0.717) is 25.4 Å². The van der Waals surface area contributed by atoms with Crippen molar-refractivity contribution in [3.8, 4) is 0 Å². The van der Waals surface area contributed by atoms with E-state index in [4.69, 9.17) is 5.73 Å². The SMILES string of the molecule is CN(C)C1(c2ccccc2)CCC2(CC1)CN(CC(=O)N1CCC[C@H]1C(N)=O)C(=O)N2CC1CCC1. The Morgan fingerprint density at radius 2 is 1.72 bits per heavy atom. The van der Waals surface area contributed by atoms with Gasteiger partial charge in [-0.05, 0) is 76.9 Å². The summed E-state index contributed by atoms with van der Waals surface area (Å²) in [6, 6.07) is 10.2. The Kier molecular flexibility index (Phi) is 6.74. The summed E-state index contributed by atoms with van der Waals surface area (Å²) in [6.45, 7) is 1.94. The molecule has 2 aliphatic carbocycles. The minimum absolute atomic E-state index is 0.0119. The van der Waals surface area contributed by atoms with Gasteiger partial charge in [0.2, 0.25) is 11.8 Å². The third kappa shape index (κ3) is 4.27. The molecule has 2 aliphatic heterocycles. The maximum absolute atomic E-state index is 13.8. The monoisotopic (exact) mass is 495 g/mol. The smallest absolute Gasteiger partial charge is 0.321 e. The molecule has 196 valence electrons. The summed E-state index contributed by atoms with van der Waals surface area (Å²) in [7, 11) is 4.32. The summed E-state index contributed by atoms with van der Waals surface area (Å²) >= 11 is 0. The van der Waals surface area contributed by atoms with Gasteiger partial charge in [-0.3, -0.25) is 14.5 Å². The highest BCUT2D eigenvalue weighted by Crippen LogP contribution is 2.49. The zero-order chi connectivity index (χ0) is 25.5. The number of hydrogen-bond donors (Lipinski definition) is 1. The summed E-state index contributed by atoms with van der Waals surface area (Å²) in [5, 5.41) is 0. The van der Waals surface area contributed by atoms with Gasteiger partial charge in [-0.15, -0.1) is 0 Å². The highest BCUT2D eigenvalue weighted by Gasteiger charge is 2.55. The lowest BCUT2D eigenvalue weighted by Crippen LogP contribution is -2.56. The number of benzene rings is 1. The van der Waals surface area contributed by atoms with E-state index >= 15 is 0 Å². The number of nitrogens with two attached hydrogens (primary N) is 1. The Morgan fingerprint density at radius 3 is 2.31 bits per heavy atom. The number of nitrogens with zero attached hydrogens (tertiary/aromatic N) is 4. The minimum atomic E-state index is -0.545. The van der Waals surface area contributed by atoms with Gasteiger partial charge >= 0.3 is 6.03 Å². The Labute approximate surface area is 214 Å². The molecule has 0 unspecified atom stereocenters. The first kappa shape index (κ1) is 25.1. The average Bonchev–Trinajstić information content (AvgIpc) is 3.42. The van der Waals surface area contributed by atoms with Crippen molar-refractivity contribution in [2.24, 2.45) is 11.7 Å². The number of carbonyl (C=O) groups excluding carboxylic acids is 3. The lowest BCUT2D eigenvalue weighted by atomic mass is 9.68. The van der Waals surface area contributed by atoms with Crippen LogP contribution >= 0.6 is 0 Å². The second-order valence-electron chi connectivity index (χ2n) is 11.7. The quantitative estimate of drug-likeness (QED) is 0.630. The molecule has 0 radical (unpaired) electrons. The molecule has 36 heavy (non-hydrogen) atoms. The van der Waals surface area contributed by atoms with Crippen molar-refractivity contribution in [3.63, 3.8) is 0 Å². The van der Waals surface area contributed by atoms with Crippen LogP contribution in [0.15, 0.2) is 30.3 Å². The number of hydrogen-bond acceptors (Lipinski definition) is 4. The zero-order valence-corrected chi connectivity index (χ0v) is 21.8. The van der Waals surface area contributed by atoms with Crippen LogP contribution in [-0.4, -0.2) is 89.3 Å². The number of primary amides is 1. The van der Waals surface area contributed by atoms with Crippen LogP contribution in [0, 0.1) is 5.92 Å². The summed E-state index contributed by atoms with van der Waals surface area (Å²) in [6.07, 6.45) is 8.75. The zero-order valence-electron chi connectivity index (χ0n) is 21.8. The Bertz CT molecular complexity index is 984. The summed E-state index contributed by atoms with van der Waals surface area (Å²) in [4.78, 5) is 46.6. The number of rotatable bonds is 7. The van der Waals surface area contributed by atoms with E-state index in [1.165, 1.54) is 24.8 Å². The van der Waals surface area contributed by atoms with Gasteiger partial charge < -0.3 is 20.4 Å². The molecule has 4 fully saturated rings. The normalized spacial score (nSPS) is 30.9. The molecule has 5 rings (SSSR count). The fraction of sp³-hybridized carbons (Fsp3) is 0.679. The highest BCUT2D eigenvalue weighted by molar-refractivity contribution is 5.90. The first-order valence-electron chi connectivity index (χ1n) is 13.6. The van der Waals surface area contributed by atoms with Crippen LogP contribution < -0.4 is 5.73 Å². The third-order valence-electron chi connectivity index (χ3n) is 9.63. The van der Waals surface area contributed by atoms with E-state index in [1.807, 2.05) is 0 Å². The average molecular weight is 496 g/mol. The number of urea groups is 1. The predicted octanol–water partition coefficient (Wildman–Crippen LogP) is 2.77. The van der Waals surface area contributed by atoms with Crippen LogP contribution in [0.4, 0.5) is 4.79 Å². The van der Waals surface area contributed by atoms with Crippen molar-refractivity contribution >= 4 is 17.8 Å². The molecule has 2 N–H and O–H groups in total. The van der Waals surface area contributed by atoms with Crippen LogP contribution in [0.5, 0.6) is 0 Å². The van der Waals surface area contributed by atoms with Gasteiger partial charge in [0.05, 0.1) is 5.54 Å². The number of likely N-dealkylation sites (tertiary alicyclic amines) is 1. The largest absolute Gasteiger partial charge is 0.368 e. The van der Waals surface area contributed by atoms with Gasteiger partial charge in [0, 0.05) is 25.2 Å². The predicted molar refractivity (Wildman–Crippen MR) is 138 cm³/mol. The van der Waals surface area contributed by atoms with Crippen molar-refractivity contribution in [3.05, 3.63) is 35.9 Å². The lowest BCUT2D eigenvalue weighted by Gasteiger charge is -2.51. The van der Waals surface area contributed by atoms with E-state index in [-0.39, 0.29) is 29.6 Å². The molecule has 1 aromatic carbocycles. The molecule has 2 heterocycles. The summed E-state index contributed by atoms with van der Waals surface area (Å²) < 4.78 is 0. The minimum Gasteiger partial charge on any atom is -0.368 e. The van der Waals surface area contributed by atoms with E-state index in [2.05, 4.69) is 54.2 Å². The lowest BCUT2D eigenvalue weighted by molar-refractivity contribution is -0.137. The fourth-order valence-electron chi connectivity index (χ4n) is 7.13. The van der Waals surface area contributed by atoms with Gasteiger partial charge in [0.25, 0.3) is 0 Å². The molecule has 4 aliphatic rings.